The van der Waals surface area contributed by atoms with E-state index in [1.54, 1.807) is 0 Å². The van der Waals surface area contributed by atoms with Gasteiger partial charge in [0.2, 0.25) is 5.91 Å². The smallest absolute Gasteiger partial charge is 0.220 e. The first-order chi connectivity index (χ1) is 9.98. The lowest BCUT2D eigenvalue weighted by molar-refractivity contribution is -0.129. The van der Waals surface area contributed by atoms with Gasteiger partial charge in [-0.2, -0.15) is 0 Å². The lowest BCUT2D eigenvalue weighted by Gasteiger charge is -2.49. The van der Waals surface area contributed by atoms with Gasteiger partial charge >= 0.3 is 0 Å². The first-order valence-electron chi connectivity index (χ1n) is 7.51. The van der Waals surface area contributed by atoms with Crippen molar-refractivity contribution in [2.45, 2.75) is 45.3 Å². The van der Waals surface area contributed by atoms with Crippen LogP contribution < -0.4 is 5.32 Å². The predicted octanol–water partition coefficient (Wildman–Crippen LogP) is 2.38. The average Bonchev–Trinajstić information content (AvgIpc) is 2.88. The van der Waals surface area contributed by atoms with E-state index in [9.17, 15) is 9.90 Å². The van der Waals surface area contributed by atoms with Crippen LogP contribution in [-0.2, 0) is 11.2 Å². The van der Waals surface area contributed by atoms with Crippen LogP contribution in [0, 0.1) is 5.41 Å². The summed E-state index contributed by atoms with van der Waals surface area (Å²) in [6, 6.07) is 8.21. The molecule has 1 fully saturated rings. The molecule has 0 radical (unpaired) electrons. The Bertz CT molecular complexity index is 660. The molecule has 4 heteroatoms. The number of aromatic nitrogens is 1. The van der Waals surface area contributed by atoms with E-state index in [-0.39, 0.29) is 23.5 Å². The number of benzene rings is 1. The Morgan fingerprint density at radius 2 is 2.19 bits per heavy atom. The van der Waals surface area contributed by atoms with E-state index in [1.807, 2.05) is 38.2 Å². The van der Waals surface area contributed by atoms with E-state index < -0.39 is 0 Å². The molecule has 21 heavy (non-hydrogen) atoms. The van der Waals surface area contributed by atoms with Crippen molar-refractivity contribution < 1.29 is 9.90 Å². The molecule has 3 N–H and O–H groups in total. The highest BCUT2D eigenvalue weighted by Crippen LogP contribution is 2.40. The molecule has 3 rings (SSSR count). The number of rotatable bonds is 4. The number of carbonyl (C=O) groups is 1. The summed E-state index contributed by atoms with van der Waals surface area (Å²) in [7, 11) is 0. The van der Waals surface area contributed by atoms with Gasteiger partial charge in [0.1, 0.15) is 0 Å². The van der Waals surface area contributed by atoms with E-state index in [2.05, 4.69) is 16.4 Å². The summed E-state index contributed by atoms with van der Waals surface area (Å²) >= 11 is 0. The van der Waals surface area contributed by atoms with E-state index in [0.29, 0.717) is 12.8 Å². The molecule has 1 aromatic carbocycles. The summed E-state index contributed by atoms with van der Waals surface area (Å²) in [4.78, 5) is 15.3. The van der Waals surface area contributed by atoms with Crippen molar-refractivity contribution in [3.63, 3.8) is 0 Å². The van der Waals surface area contributed by atoms with Crippen molar-refractivity contribution in [3.05, 3.63) is 36.0 Å². The van der Waals surface area contributed by atoms with Gasteiger partial charge in [-0.1, -0.05) is 32.0 Å². The van der Waals surface area contributed by atoms with Gasteiger partial charge in [-0.05, 0) is 24.5 Å². The number of carbonyl (C=O) groups excluding carboxylic acids is 1. The van der Waals surface area contributed by atoms with Crippen LogP contribution in [0.3, 0.4) is 0 Å². The number of hydrogen-bond donors (Lipinski definition) is 3. The van der Waals surface area contributed by atoms with Gasteiger partial charge in [-0.3, -0.25) is 4.79 Å². The first-order valence-corrected chi connectivity index (χ1v) is 7.51. The lowest BCUT2D eigenvalue weighted by atomic mass is 9.64. The Hall–Kier alpha value is -1.81. The summed E-state index contributed by atoms with van der Waals surface area (Å²) < 4.78 is 0. The number of H-pyrrole nitrogens is 1. The zero-order valence-electron chi connectivity index (χ0n) is 12.5. The predicted molar refractivity (Wildman–Crippen MR) is 83.0 cm³/mol. The zero-order chi connectivity index (χ0) is 15.0. The largest absolute Gasteiger partial charge is 0.392 e. The number of hydrogen-bond acceptors (Lipinski definition) is 2. The number of aryl methyl sites for hydroxylation is 1. The Morgan fingerprint density at radius 1 is 1.43 bits per heavy atom. The summed E-state index contributed by atoms with van der Waals surface area (Å²) in [6.07, 6.45) is 3.54. The first kappa shape index (κ1) is 14.1. The second-order valence-corrected chi connectivity index (χ2v) is 6.55. The van der Waals surface area contributed by atoms with Gasteiger partial charge in [0.05, 0.1) is 6.10 Å². The fourth-order valence-corrected chi connectivity index (χ4v) is 3.00. The highest BCUT2D eigenvalue weighted by Gasteiger charge is 2.47. The molecule has 1 amide bonds. The minimum atomic E-state index is -0.309. The molecular formula is C17H22N2O2. The molecule has 2 unspecified atom stereocenters. The van der Waals surface area contributed by atoms with Crippen LogP contribution in [0.15, 0.2) is 30.5 Å². The standard InChI is InChI=1S/C17H22N2O2/c1-17(2)14(9-15(17)20)19-16(21)8-7-11-10-18-13-6-4-3-5-12(11)13/h3-6,10,14-15,18,20H,7-9H2,1-2H3,(H,19,21). The van der Waals surface area contributed by atoms with Crippen molar-refractivity contribution in [3.8, 4) is 0 Å². The van der Waals surface area contributed by atoms with Crippen LogP contribution in [0.25, 0.3) is 10.9 Å². The number of aliphatic hydroxyl groups is 1. The maximum Gasteiger partial charge on any atom is 0.220 e. The van der Waals surface area contributed by atoms with Crippen LogP contribution in [0.1, 0.15) is 32.3 Å². The molecule has 1 saturated carbocycles. The topological polar surface area (TPSA) is 65.1 Å². The number of nitrogens with one attached hydrogen (secondary N) is 2. The van der Waals surface area contributed by atoms with Gasteiger partial charge in [-0.25, -0.2) is 0 Å². The maximum atomic E-state index is 12.1. The van der Waals surface area contributed by atoms with E-state index >= 15 is 0 Å². The maximum absolute atomic E-state index is 12.1. The van der Waals surface area contributed by atoms with Crippen LogP contribution in [-0.4, -0.2) is 28.1 Å². The zero-order valence-corrected chi connectivity index (χ0v) is 12.5. The van der Waals surface area contributed by atoms with Crippen LogP contribution in [0.4, 0.5) is 0 Å². The minimum Gasteiger partial charge on any atom is -0.392 e. The third kappa shape index (κ3) is 2.56. The number of aromatic amines is 1. The van der Waals surface area contributed by atoms with Crippen molar-refractivity contribution in [1.29, 1.82) is 0 Å². The van der Waals surface area contributed by atoms with Gasteiger partial charge in [0.15, 0.2) is 0 Å². The molecule has 0 saturated heterocycles. The van der Waals surface area contributed by atoms with Crippen molar-refractivity contribution in [2.24, 2.45) is 5.41 Å². The second-order valence-electron chi connectivity index (χ2n) is 6.55. The highest BCUT2D eigenvalue weighted by atomic mass is 16.3. The summed E-state index contributed by atoms with van der Waals surface area (Å²) in [5.41, 5.74) is 2.07. The molecule has 1 aromatic heterocycles. The number of amides is 1. The third-order valence-corrected chi connectivity index (χ3v) is 4.85. The van der Waals surface area contributed by atoms with Gasteiger partial charge in [0, 0.05) is 35.0 Å². The molecule has 1 aliphatic rings. The fourth-order valence-electron chi connectivity index (χ4n) is 3.00. The molecule has 4 nitrogen and oxygen atoms in total. The molecule has 2 atom stereocenters. The Kier molecular flexibility index (Phi) is 3.49. The van der Waals surface area contributed by atoms with Crippen molar-refractivity contribution in [1.82, 2.24) is 10.3 Å². The van der Waals surface area contributed by atoms with Gasteiger partial charge in [0.25, 0.3) is 0 Å². The lowest BCUT2D eigenvalue weighted by Crippen LogP contribution is -2.61. The van der Waals surface area contributed by atoms with Gasteiger partial charge in [-0.15, -0.1) is 0 Å². The van der Waals surface area contributed by atoms with Crippen LogP contribution in [0.5, 0.6) is 0 Å². The monoisotopic (exact) mass is 286 g/mol. The molecule has 0 bridgehead atoms. The normalized spacial score (nSPS) is 23.8. The number of aliphatic hydroxyl groups excluding tert-OH is 1. The van der Waals surface area contributed by atoms with E-state index in [1.165, 1.54) is 10.9 Å². The molecular weight excluding hydrogens is 264 g/mol. The van der Waals surface area contributed by atoms with Crippen LogP contribution >= 0.6 is 0 Å². The Balaban J connectivity index is 1.57. The summed E-state index contributed by atoms with van der Waals surface area (Å²) in [5, 5.41) is 13.9. The SMILES string of the molecule is CC1(C)C(O)CC1NC(=O)CCc1c[nH]c2ccccc12. The van der Waals surface area contributed by atoms with E-state index in [0.717, 1.165) is 11.9 Å². The molecule has 0 aliphatic heterocycles. The summed E-state index contributed by atoms with van der Waals surface area (Å²) in [6.45, 7) is 3.98. The quantitative estimate of drug-likeness (QED) is 0.808. The molecule has 1 aliphatic carbocycles. The summed E-state index contributed by atoms with van der Waals surface area (Å²) in [5.74, 6) is 0.0604. The van der Waals surface area contributed by atoms with Crippen molar-refractivity contribution in [2.75, 3.05) is 0 Å². The average molecular weight is 286 g/mol. The molecule has 112 valence electrons. The second kappa shape index (κ2) is 5.19. The number of para-hydroxylation sites is 1. The van der Waals surface area contributed by atoms with E-state index in [4.69, 9.17) is 0 Å². The minimum absolute atomic E-state index is 0.0604. The van der Waals surface area contributed by atoms with Crippen molar-refractivity contribution >= 4 is 16.8 Å². The molecule has 2 aromatic rings. The fraction of sp³-hybridized carbons (Fsp3) is 0.471. The van der Waals surface area contributed by atoms with Crippen LogP contribution in [0.2, 0.25) is 0 Å². The third-order valence-electron chi connectivity index (χ3n) is 4.85. The Morgan fingerprint density at radius 3 is 2.90 bits per heavy atom. The highest BCUT2D eigenvalue weighted by molar-refractivity contribution is 5.84. The Labute approximate surface area is 124 Å². The van der Waals surface area contributed by atoms with Gasteiger partial charge < -0.3 is 15.4 Å². The number of fused-ring (bicyclic) bond motifs is 1. The molecule has 0 spiro atoms. The molecule has 1 heterocycles.